The first kappa shape index (κ1) is 17.8. The van der Waals surface area contributed by atoms with E-state index in [9.17, 15) is 4.79 Å². The van der Waals surface area contributed by atoms with Gasteiger partial charge in [0, 0.05) is 30.2 Å². The Kier molecular flexibility index (Phi) is 5.97. The first-order valence-corrected chi connectivity index (χ1v) is 9.08. The SMILES string of the molecule is CCOc1cc2c(cc1C=CC(=O)OCC1CCCCO1)OC(C)C2. The molecule has 1 aromatic rings. The van der Waals surface area contributed by atoms with Crippen LogP contribution in [0.2, 0.25) is 0 Å². The maximum Gasteiger partial charge on any atom is 0.330 e. The van der Waals surface area contributed by atoms with Crippen molar-refractivity contribution in [2.75, 3.05) is 19.8 Å². The summed E-state index contributed by atoms with van der Waals surface area (Å²) in [5.41, 5.74) is 1.96. The molecule has 5 heteroatoms. The summed E-state index contributed by atoms with van der Waals surface area (Å²) < 4.78 is 22.4. The molecule has 1 aromatic carbocycles. The van der Waals surface area contributed by atoms with Crippen molar-refractivity contribution in [3.05, 3.63) is 29.3 Å². The van der Waals surface area contributed by atoms with Gasteiger partial charge < -0.3 is 18.9 Å². The molecule has 0 aliphatic carbocycles. The third-order valence-electron chi connectivity index (χ3n) is 4.41. The van der Waals surface area contributed by atoms with Crippen molar-refractivity contribution >= 4 is 12.0 Å². The van der Waals surface area contributed by atoms with Crippen LogP contribution in [-0.2, 0) is 20.7 Å². The Labute approximate surface area is 148 Å². The van der Waals surface area contributed by atoms with Gasteiger partial charge in [0.05, 0.1) is 12.7 Å². The zero-order valence-corrected chi connectivity index (χ0v) is 15.0. The molecular weight excluding hydrogens is 320 g/mol. The third-order valence-corrected chi connectivity index (χ3v) is 4.41. The molecule has 2 heterocycles. The highest BCUT2D eigenvalue weighted by molar-refractivity contribution is 5.87. The molecular formula is C20H26O5. The van der Waals surface area contributed by atoms with Crippen LogP contribution in [0.1, 0.15) is 44.2 Å². The van der Waals surface area contributed by atoms with Crippen LogP contribution in [0.3, 0.4) is 0 Å². The molecule has 5 nitrogen and oxygen atoms in total. The Balaban J connectivity index is 1.63. The Morgan fingerprint density at radius 2 is 2.24 bits per heavy atom. The van der Waals surface area contributed by atoms with Crippen molar-refractivity contribution in [1.29, 1.82) is 0 Å². The van der Waals surface area contributed by atoms with Gasteiger partial charge in [-0.25, -0.2) is 4.79 Å². The van der Waals surface area contributed by atoms with E-state index in [1.807, 2.05) is 26.0 Å². The molecule has 136 valence electrons. The zero-order chi connectivity index (χ0) is 17.6. The monoisotopic (exact) mass is 346 g/mol. The largest absolute Gasteiger partial charge is 0.493 e. The van der Waals surface area contributed by atoms with E-state index in [0.717, 1.165) is 54.9 Å². The van der Waals surface area contributed by atoms with Gasteiger partial charge in [-0.15, -0.1) is 0 Å². The van der Waals surface area contributed by atoms with E-state index in [1.165, 1.54) is 6.08 Å². The first-order valence-electron chi connectivity index (χ1n) is 9.08. The molecule has 0 saturated carbocycles. The second kappa shape index (κ2) is 8.39. The minimum atomic E-state index is -0.369. The van der Waals surface area contributed by atoms with Crippen molar-refractivity contribution in [1.82, 2.24) is 0 Å². The summed E-state index contributed by atoms with van der Waals surface area (Å²) in [4.78, 5) is 12.0. The van der Waals surface area contributed by atoms with E-state index in [2.05, 4.69) is 0 Å². The van der Waals surface area contributed by atoms with E-state index in [-0.39, 0.29) is 18.2 Å². The number of esters is 1. The van der Waals surface area contributed by atoms with Crippen LogP contribution in [0.25, 0.3) is 6.08 Å². The molecule has 1 fully saturated rings. The Hall–Kier alpha value is -2.01. The minimum Gasteiger partial charge on any atom is -0.493 e. The maximum atomic E-state index is 12.0. The molecule has 2 atom stereocenters. The number of hydrogen-bond donors (Lipinski definition) is 0. The summed E-state index contributed by atoms with van der Waals surface area (Å²) in [5.74, 6) is 1.25. The topological polar surface area (TPSA) is 54.0 Å². The van der Waals surface area contributed by atoms with E-state index in [1.54, 1.807) is 6.08 Å². The number of carbonyl (C=O) groups is 1. The molecule has 2 aliphatic heterocycles. The van der Waals surface area contributed by atoms with Crippen LogP contribution in [0, 0.1) is 0 Å². The number of fused-ring (bicyclic) bond motifs is 1. The van der Waals surface area contributed by atoms with Crippen LogP contribution in [0.5, 0.6) is 11.5 Å². The lowest BCUT2D eigenvalue weighted by Gasteiger charge is -2.21. The summed E-state index contributed by atoms with van der Waals surface area (Å²) in [7, 11) is 0. The zero-order valence-electron chi connectivity index (χ0n) is 15.0. The smallest absolute Gasteiger partial charge is 0.330 e. The van der Waals surface area contributed by atoms with Crippen molar-refractivity contribution in [2.24, 2.45) is 0 Å². The quantitative estimate of drug-likeness (QED) is 0.582. The molecule has 25 heavy (non-hydrogen) atoms. The van der Waals surface area contributed by atoms with Crippen LogP contribution in [0.15, 0.2) is 18.2 Å². The Morgan fingerprint density at radius 3 is 3.00 bits per heavy atom. The summed E-state index contributed by atoms with van der Waals surface area (Å²) in [5, 5.41) is 0. The van der Waals surface area contributed by atoms with Gasteiger partial charge in [-0.1, -0.05) is 0 Å². The van der Waals surface area contributed by atoms with Crippen LogP contribution in [0.4, 0.5) is 0 Å². The minimum absolute atomic E-state index is 0.0277. The summed E-state index contributed by atoms with van der Waals surface area (Å²) >= 11 is 0. The standard InChI is InChI=1S/C20H26O5/c1-3-22-18-12-16-10-14(2)25-19(16)11-15(18)7-8-20(21)24-13-17-6-4-5-9-23-17/h7-8,11-12,14,17H,3-6,9-10,13H2,1-2H3. The van der Waals surface area contributed by atoms with Gasteiger partial charge in [0.25, 0.3) is 0 Å². The molecule has 2 aliphatic rings. The highest BCUT2D eigenvalue weighted by atomic mass is 16.6. The molecule has 2 unspecified atom stereocenters. The third kappa shape index (κ3) is 4.75. The van der Waals surface area contributed by atoms with E-state index in [4.69, 9.17) is 18.9 Å². The van der Waals surface area contributed by atoms with E-state index < -0.39 is 0 Å². The van der Waals surface area contributed by atoms with Crippen LogP contribution < -0.4 is 9.47 Å². The fourth-order valence-electron chi connectivity index (χ4n) is 3.19. The lowest BCUT2D eigenvalue weighted by atomic mass is 10.1. The van der Waals surface area contributed by atoms with Gasteiger partial charge in [0.2, 0.25) is 0 Å². The molecule has 0 radical (unpaired) electrons. The second-order valence-corrected chi connectivity index (χ2v) is 6.52. The predicted molar refractivity (Wildman–Crippen MR) is 95.0 cm³/mol. The van der Waals surface area contributed by atoms with Crippen LogP contribution >= 0.6 is 0 Å². The average molecular weight is 346 g/mol. The molecule has 0 N–H and O–H groups in total. The molecule has 0 spiro atoms. The Morgan fingerprint density at radius 1 is 1.36 bits per heavy atom. The summed E-state index contributed by atoms with van der Waals surface area (Å²) in [6.07, 6.45) is 7.40. The van der Waals surface area contributed by atoms with Crippen molar-refractivity contribution in [2.45, 2.75) is 51.7 Å². The van der Waals surface area contributed by atoms with Gasteiger partial charge in [0.15, 0.2) is 0 Å². The number of benzene rings is 1. The number of rotatable bonds is 6. The number of hydrogen-bond acceptors (Lipinski definition) is 5. The fourth-order valence-corrected chi connectivity index (χ4v) is 3.19. The number of ether oxygens (including phenoxy) is 4. The predicted octanol–water partition coefficient (Wildman–Crippen LogP) is 3.53. The summed E-state index contributed by atoms with van der Waals surface area (Å²) in [6, 6.07) is 3.93. The van der Waals surface area contributed by atoms with Gasteiger partial charge in [-0.2, -0.15) is 0 Å². The van der Waals surface area contributed by atoms with Gasteiger partial charge in [-0.3, -0.25) is 0 Å². The second-order valence-electron chi connectivity index (χ2n) is 6.52. The van der Waals surface area contributed by atoms with E-state index in [0.29, 0.717) is 13.2 Å². The normalized spacial score (nSPS) is 22.5. The van der Waals surface area contributed by atoms with Crippen molar-refractivity contribution < 1.29 is 23.7 Å². The molecule has 1 saturated heterocycles. The molecule has 3 rings (SSSR count). The van der Waals surface area contributed by atoms with E-state index >= 15 is 0 Å². The average Bonchev–Trinajstić information content (AvgIpc) is 2.98. The van der Waals surface area contributed by atoms with Gasteiger partial charge in [0.1, 0.15) is 24.2 Å². The lowest BCUT2D eigenvalue weighted by molar-refractivity contribution is -0.143. The highest BCUT2D eigenvalue weighted by Crippen LogP contribution is 2.35. The lowest BCUT2D eigenvalue weighted by Crippen LogP contribution is -2.25. The fraction of sp³-hybridized carbons (Fsp3) is 0.550. The Bertz CT molecular complexity index is 631. The molecule has 0 aromatic heterocycles. The number of carbonyl (C=O) groups excluding carboxylic acids is 1. The highest BCUT2D eigenvalue weighted by Gasteiger charge is 2.21. The van der Waals surface area contributed by atoms with Gasteiger partial charge >= 0.3 is 5.97 Å². The molecule has 0 amide bonds. The van der Waals surface area contributed by atoms with Crippen LogP contribution in [-0.4, -0.2) is 38.0 Å². The maximum absolute atomic E-state index is 12.0. The van der Waals surface area contributed by atoms with Crippen molar-refractivity contribution in [3.8, 4) is 11.5 Å². The van der Waals surface area contributed by atoms with Gasteiger partial charge in [-0.05, 0) is 51.3 Å². The summed E-state index contributed by atoms with van der Waals surface area (Å²) in [6.45, 7) is 5.62. The molecule has 0 bridgehead atoms. The first-order chi connectivity index (χ1) is 12.2. The van der Waals surface area contributed by atoms with Crippen molar-refractivity contribution in [3.63, 3.8) is 0 Å².